The maximum atomic E-state index is 12.3. The Morgan fingerprint density at radius 2 is 1.19 bits per heavy atom. The van der Waals surface area contributed by atoms with Gasteiger partial charge in [0.1, 0.15) is 9.79 Å². The molecule has 0 aliphatic heterocycles. The molecule has 0 saturated carbocycles. The number of halogens is 1. The molecule has 2 aliphatic rings. The zero-order chi connectivity index (χ0) is 30.9. The maximum absolute atomic E-state index is 12.3. The molecule has 0 spiro atoms. The van der Waals surface area contributed by atoms with Crippen molar-refractivity contribution in [2.24, 2.45) is 0 Å². The van der Waals surface area contributed by atoms with Gasteiger partial charge in [-0.05, 0) is 46.4 Å². The third-order valence-corrected chi connectivity index (χ3v) is 11.2. The van der Waals surface area contributed by atoms with Crippen molar-refractivity contribution in [3.05, 3.63) is 130 Å². The molecule has 43 heavy (non-hydrogen) atoms. The molecule has 2 heterocycles. The summed E-state index contributed by atoms with van der Waals surface area (Å²) in [4.78, 5) is 8.57. The second kappa shape index (κ2) is 12.1. The first-order valence-electron chi connectivity index (χ1n) is 13.4. The Labute approximate surface area is 258 Å². The van der Waals surface area contributed by atoms with E-state index in [-0.39, 0.29) is 9.79 Å². The average molecular weight is 635 g/mol. The van der Waals surface area contributed by atoms with Gasteiger partial charge in [-0.25, -0.2) is 25.4 Å². The molecule has 0 amide bonds. The predicted octanol–water partition coefficient (Wildman–Crippen LogP) is 5.21. The summed E-state index contributed by atoms with van der Waals surface area (Å²) in [7, 11) is -0.943. The molecule has 2 aromatic heterocycles. The number of benzene rings is 2. The summed E-state index contributed by atoms with van der Waals surface area (Å²) in [5.74, 6) is 0. The van der Waals surface area contributed by atoms with E-state index in [9.17, 15) is 16.8 Å². The van der Waals surface area contributed by atoms with Gasteiger partial charge in [0.05, 0.1) is 0 Å². The molecule has 0 saturated heterocycles. The third kappa shape index (κ3) is 6.07. The summed E-state index contributed by atoms with van der Waals surface area (Å²) < 4.78 is 51.3. The molecule has 222 valence electrons. The SMILES string of the molecule is CN(C)S(=O)(=O)c1cncc(C2=C(Cl)Cc3ccccc32)c1.CN(C)S(=O)(=O)c1cncc(C2=CCc3ccccc32)c1. The highest BCUT2D eigenvalue weighted by molar-refractivity contribution is 7.89. The van der Waals surface area contributed by atoms with Crippen LogP contribution in [0.25, 0.3) is 11.1 Å². The van der Waals surface area contributed by atoms with E-state index in [1.807, 2.05) is 36.4 Å². The van der Waals surface area contributed by atoms with Crippen LogP contribution < -0.4 is 0 Å². The fourth-order valence-corrected chi connectivity index (χ4v) is 7.15. The zero-order valence-corrected chi connectivity index (χ0v) is 26.6. The molecule has 4 aromatic rings. The molecule has 0 unspecified atom stereocenters. The van der Waals surface area contributed by atoms with Crippen molar-refractivity contribution in [2.75, 3.05) is 28.2 Å². The Morgan fingerprint density at radius 1 is 0.674 bits per heavy atom. The normalized spacial score (nSPS) is 14.3. The molecule has 6 rings (SSSR count). The summed E-state index contributed by atoms with van der Waals surface area (Å²) >= 11 is 6.40. The van der Waals surface area contributed by atoms with Crippen LogP contribution in [-0.2, 0) is 32.9 Å². The van der Waals surface area contributed by atoms with Crippen LogP contribution in [0.4, 0.5) is 0 Å². The van der Waals surface area contributed by atoms with Gasteiger partial charge in [0, 0.05) is 81.1 Å². The van der Waals surface area contributed by atoms with Crippen LogP contribution in [0.5, 0.6) is 0 Å². The lowest BCUT2D eigenvalue weighted by atomic mass is 10.0. The molecular weight excluding hydrogens is 604 g/mol. The average Bonchev–Trinajstić information content (AvgIpc) is 3.58. The van der Waals surface area contributed by atoms with Crippen LogP contribution >= 0.6 is 11.6 Å². The van der Waals surface area contributed by atoms with Crippen LogP contribution in [0.2, 0.25) is 0 Å². The van der Waals surface area contributed by atoms with Crippen LogP contribution in [0.1, 0.15) is 33.4 Å². The Hall–Kier alpha value is -3.67. The number of allylic oxidation sites excluding steroid dienone is 2. The first kappa shape index (κ1) is 30.8. The van der Waals surface area contributed by atoms with Gasteiger partial charge in [0.15, 0.2) is 0 Å². The van der Waals surface area contributed by atoms with E-state index in [0.29, 0.717) is 11.5 Å². The van der Waals surface area contributed by atoms with E-state index in [4.69, 9.17) is 11.6 Å². The van der Waals surface area contributed by atoms with Gasteiger partial charge < -0.3 is 0 Å². The Bertz CT molecular complexity index is 1990. The second-order valence-electron chi connectivity index (χ2n) is 10.5. The fourth-order valence-electron chi connectivity index (χ4n) is 5.01. The molecule has 2 aliphatic carbocycles. The Kier molecular flexibility index (Phi) is 8.69. The molecule has 0 fully saturated rings. The predicted molar refractivity (Wildman–Crippen MR) is 169 cm³/mol. The van der Waals surface area contributed by atoms with E-state index in [1.54, 1.807) is 24.5 Å². The van der Waals surface area contributed by atoms with Crippen molar-refractivity contribution in [3.63, 3.8) is 0 Å². The fraction of sp³-hybridized carbons (Fsp3) is 0.188. The van der Waals surface area contributed by atoms with Crippen molar-refractivity contribution in [2.45, 2.75) is 22.6 Å². The first-order chi connectivity index (χ1) is 20.4. The standard InChI is InChI=1S/C16H15ClN2O2S.C16H16N2O2S/c1-19(2)22(20,21)13-7-12(9-18-10-13)16-14-6-4-3-5-11(14)8-15(16)17;1-18(2)21(19,20)14-9-13(10-17-11-14)16-8-7-12-5-3-4-6-15(12)16/h3-7,9-10H,8H2,1-2H3;3-6,8-11H,7H2,1-2H3. The first-order valence-corrected chi connectivity index (χ1v) is 16.7. The van der Waals surface area contributed by atoms with Crippen LogP contribution in [-0.4, -0.2) is 63.6 Å². The van der Waals surface area contributed by atoms with Crippen molar-refractivity contribution >= 4 is 42.8 Å². The van der Waals surface area contributed by atoms with Crippen molar-refractivity contribution in [1.82, 2.24) is 18.6 Å². The van der Waals surface area contributed by atoms with Gasteiger partial charge in [-0.1, -0.05) is 66.2 Å². The number of pyridine rings is 2. The number of hydrogen-bond donors (Lipinski definition) is 0. The topological polar surface area (TPSA) is 101 Å². The highest BCUT2D eigenvalue weighted by atomic mass is 35.5. The minimum absolute atomic E-state index is 0.163. The molecule has 2 aromatic carbocycles. The van der Waals surface area contributed by atoms with E-state index in [1.165, 1.54) is 54.8 Å². The highest BCUT2D eigenvalue weighted by Crippen LogP contribution is 2.39. The number of aromatic nitrogens is 2. The number of fused-ring (bicyclic) bond motifs is 2. The smallest absolute Gasteiger partial charge is 0.244 e. The summed E-state index contributed by atoms with van der Waals surface area (Å²) in [5, 5.41) is 0.711. The molecule has 0 N–H and O–H groups in total. The summed E-state index contributed by atoms with van der Waals surface area (Å²) in [6, 6.07) is 19.4. The molecule has 0 bridgehead atoms. The van der Waals surface area contributed by atoms with Crippen LogP contribution in [0.15, 0.2) is 106 Å². The zero-order valence-electron chi connectivity index (χ0n) is 24.2. The highest BCUT2D eigenvalue weighted by Gasteiger charge is 2.24. The van der Waals surface area contributed by atoms with Gasteiger partial charge >= 0.3 is 0 Å². The largest absolute Gasteiger partial charge is 0.263 e. The number of rotatable bonds is 6. The van der Waals surface area contributed by atoms with Gasteiger partial charge in [0.2, 0.25) is 20.0 Å². The van der Waals surface area contributed by atoms with Crippen molar-refractivity contribution in [3.8, 4) is 0 Å². The van der Waals surface area contributed by atoms with E-state index in [2.05, 4.69) is 28.2 Å². The number of sulfonamides is 2. The minimum atomic E-state index is -3.52. The third-order valence-electron chi connectivity index (χ3n) is 7.32. The second-order valence-corrected chi connectivity index (χ2v) is 15.2. The monoisotopic (exact) mass is 634 g/mol. The van der Waals surface area contributed by atoms with Crippen LogP contribution in [0, 0.1) is 0 Å². The lowest BCUT2D eigenvalue weighted by Gasteiger charge is -2.13. The van der Waals surface area contributed by atoms with Gasteiger partial charge in [-0.2, -0.15) is 0 Å². The van der Waals surface area contributed by atoms with E-state index < -0.39 is 20.0 Å². The van der Waals surface area contributed by atoms with Gasteiger partial charge in [-0.3, -0.25) is 9.97 Å². The number of nitrogens with zero attached hydrogens (tertiary/aromatic N) is 4. The molecule has 11 heteroatoms. The Morgan fingerprint density at radius 3 is 1.79 bits per heavy atom. The van der Waals surface area contributed by atoms with E-state index in [0.717, 1.165) is 45.4 Å². The van der Waals surface area contributed by atoms with Crippen molar-refractivity contribution < 1.29 is 16.8 Å². The summed E-state index contributed by atoms with van der Waals surface area (Å²) in [5.41, 5.74) is 8.05. The van der Waals surface area contributed by atoms with E-state index >= 15 is 0 Å². The quantitative estimate of drug-likeness (QED) is 0.289. The number of hydrogen-bond acceptors (Lipinski definition) is 6. The lowest BCUT2D eigenvalue weighted by molar-refractivity contribution is 0.519. The Balaban J connectivity index is 0.000000171. The van der Waals surface area contributed by atoms with Gasteiger partial charge in [0.25, 0.3) is 0 Å². The minimum Gasteiger partial charge on any atom is -0.263 e. The summed E-state index contributed by atoms with van der Waals surface area (Å²) in [6.45, 7) is 0. The maximum Gasteiger partial charge on any atom is 0.244 e. The van der Waals surface area contributed by atoms with Crippen LogP contribution in [0.3, 0.4) is 0 Å². The molecule has 0 atom stereocenters. The summed E-state index contributed by atoms with van der Waals surface area (Å²) in [6.07, 6.45) is 9.76. The lowest BCUT2D eigenvalue weighted by Crippen LogP contribution is -2.22. The molecular formula is C32H31ClN4O4S2. The molecule has 0 radical (unpaired) electrons. The molecule has 8 nitrogen and oxygen atoms in total. The van der Waals surface area contributed by atoms with Crippen molar-refractivity contribution in [1.29, 1.82) is 0 Å². The van der Waals surface area contributed by atoms with Gasteiger partial charge in [-0.15, -0.1) is 0 Å².